The van der Waals surface area contributed by atoms with Crippen molar-refractivity contribution in [2.45, 2.75) is 51.8 Å². The monoisotopic (exact) mass is 667 g/mol. The Morgan fingerprint density at radius 1 is 0.918 bits per heavy atom. The van der Waals surface area contributed by atoms with E-state index in [4.69, 9.17) is 18.9 Å². The third-order valence-electron chi connectivity index (χ3n) is 8.80. The molecule has 2 N–H and O–H groups in total. The summed E-state index contributed by atoms with van der Waals surface area (Å²) in [6, 6.07) is 19.7. The zero-order valence-electron chi connectivity index (χ0n) is 28.2. The molecule has 256 valence electrons. The minimum absolute atomic E-state index is 0.110. The Morgan fingerprint density at radius 3 is 2.45 bits per heavy atom. The zero-order valence-corrected chi connectivity index (χ0v) is 28.2. The van der Waals surface area contributed by atoms with Crippen LogP contribution in [0.1, 0.15) is 45.7 Å². The summed E-state index contributed by atoms with van der Waals surface area (Å²) in [4.78, 5) is 41.5. The predicted octanol–water partition coefficient (Wildman–Crippen LogP) is 3.93. The van der Waals surface area contributed by atoms with Crippen LogP contribution >= 0.6 is 0 Å². The molecule has 7 rings (SSSR count). The number of benzene rings is 3. The standard InChI is InChI=1S/C37H41N5O7/c1-23-17-24(2)42(40-23)28-10-7-26(8-11-28)37(45)41-16-15-31-30(21-41)39-36(44)22-48-34-18-25(5-13-32(34)46-3)6-14-35(43)38-20-27-9-12-29(49-31)19-33(27)47-4/h5,7-13,17-19,30-31H,6,14-16,20-22H2,1-4H3,(H,38,43)(H,39,44)/t30-,31+/m1/s1. The van der Waals surface area contributed by atoms with Crippen LogP contribution in [-0.4, -0.2) is 78.5 Å². The molecular weight excluding hydrogens is 626 g/mol. The number of carbonyl (C=O) groups is 3. The summed E-state index contributed by atoms with van der Waals surface area (Å²) >= 11 is 0. The summed E-state index contributed by atoms with van der Waals surface area (Å²) in [5, 5.41) is 10.6. The van der Waals surface area contributed by atoms with Crippen molar-refractivity contribution in [2.24, 2.45) is 0 Å². The van der Waals surface area contributed by atoms with E-state index in [2.05, 4.69) is 15.7 Å². The first kappa shape index (κ1) is 33.4. The first-order chi connectivity index (χ1) is 23.7. The summed E-state index contributed by atoms with van der Waals surface area (Å²) in [7, 11) is 3.09. The van der Waals surface area contributed by atoms with E-state index in [-0.39, 0.29) is 37.3 Å². The predicted molar refractivity (Wildman–Crippen MR) is 182 cm³/mol. The van der Waals surface area contributed by atoms with Gasteiger partial charge in [-0.2, -0.15) is 5.10 Å². The van der Waals surface area contributed by atoms with Crippen LogP contribution in [0, 0.1) is 13.8 Å². The molecule has 0 spiro atoms. The summed E-state index contributed by atoms with van der Waals surface area (Å²) in [5.41, 5.74) is 4.99. The second kappa shape index (κ2) is 14.7. The van der Waals surface area contributed by atoms with Gasteiger partial charge >= 0.3 is 0 Å². The molecule has 12 heteroatoms. The van der Waals surface area contributed by atoms with Crippen LogP contribution in [0.5, 0.6) is 23.0 Å². The van der Waals surface area contributed by atoms with Gasteiger partial charge in [-0.3, -0.25) is 14.4 Å². The SMILES string of the molecule is COc1cc2ccc1CNC(=O)CCc1ccc(OC)c(c1)OCC(=O)N[C@@H]1CN(C(=O)c3ccc(-n4nc(C)cc4C)cc3)CC[C@@H]1O2. The Balaban J connectivity index is 1.24. The molecule has 4 heterocycles. The number of hydrogen-bond acceptors (Lipinski definition) is 8. The summed E-state index contributed by atoms with van der Waals surface area (Å²) in [6.07, 6.45) is 0.762. The van der Waals surface area contributed by atoms with Gasteiger partial charge < -0.3 is 34.5 Å². The fourth-order valence-corrected chi connectivity index (χ4v) is 6.25. The third kappa shape index (κ3) is 7.80. The number of methoxy groups -OCH3 is 2. The molecule has 0 saturated carbocycles. The fraction of sp³-hybridized carbons (Fsp3) is 0.351. The first-order valence-electron chi connectivity index (χ1n) is 16.3. The van der Waals surface area contributed by atoms with Crippen LogP contribution in [-0.2, 0) is 22.6 Å². The Morgan fingerprint density at radius 2 is 1.71 bits per heavy atom. The highest BCUT2D eigenvalue weighted by Crippen LogP contribution is 2.30. The van der Waals surface area contributed by atoms with Crippen molar-refractivity contribution in [1.29, 1.82) is 0 Å². The summed E-state index contributed by atoms with van der Waals surface area (Å²) < 4.78 is 25.3. The number of hydrogen-bond donors (Lipinski definition) is 2. The molecule has 4 bridgehead atoms. The highest BCUT2D eigenvalue weighted by atomic mass is 16.5. The highest BCUT2D eigenvalue weighted by molar-refractivity contribution is 5.94. The van der Waals surface area contributed by atoms with Crippen LogP contribution in [0.2, 0.25) is 0 Å². The van der Waals surface area contributed by atoms with Gasteiger partial charge in [-0.25, -0.2) is 4.68 Å². The van der Waals surface area contributed by atoms with Gasteiger partial charge in [0.1, 0.15) is 17.6 Å². The van der Waals surface area contributed by atoms with E-state index >= 15 is 0 Å². The molecule has 0 aliphatic carbocycles. The normalized spacial score (nSPS) is 18.4. The molecule has 0 unspecified atom stereocenters. The number of carbonyl (C=O) groups excluding carboxylic acids is 3. The van der Waals surface area contributed by atoms with Crippen molar-refractivity contribution in [1.82, 2.24) is 25.3 Å². The van der Waals surface area contributed by atoms with E-state index in [1.54, 1.807) is 42.3 Å². The molecule has 1 saturated heterocycles. The van der Waals surface area contributed by atoms with Crippen molar-refractivity contribution in [3.8, 4) is 28.7 Å². The number of rotatable bonds is 4. The van der Waals surface area contributed by atoms with Crippen molar-refractivity contribution < 1.29 is 33.3 Å². The number of nitrogens with one attached hydrogen (secondary N) is 2. The lowest BCUT2D eigenvalue weighted by molar-refractivity contribution is -0.125. The fourth-order valence-electron chi connectivity index (χ4n) is 6.25. The smallest absolute Gasteiger partial charge is 0.258 e. The summed E-state index contributed by atoms with van der Waals surface area (Å²) in [6.45, 7) is 4.60. The number of aryl methyl sites for hydroxylation is 3. The molecule has 3 amide bonds. The highest BCUT2D eigenvalue weighted by Gasteiger charge is 2.35. The Labute approximate surface area is 285 Å². The molecule has 4 aromatic rings. The first-order valence-corrected chi connectivity index (χ1v) is 16.3. The second-order valence-corrected chi connectivity index (χ2v) is 12.3. The lowest BCUT2D eigenvalue weighted by Gasteiger charge is -2.39. The Kier molecular flexibility index (Phi) is 10.0. The average molecular weight is 668 g/mol. The van der Waals surface area contributed by atoms with Gasteiger partial charge in [0.05, 0.1) is 31.6 Å². The number of piperidine rings is 1. The Hall–Kier alpha value is -5.52. The van der Waals surface area contributed by atoms with Gasteiger partial charge in [0, 0.05) is 55.4 Å². The van der Waals surface area contributed by atoms with E-state index in [0.29, 0.717) is 54.5 Å². The van der Waals surface area contributed by atoms with Gasteiger partial charge in [-0.1, -0.05) is 6.07 Å². The van der Waals surface area contributed by atoms with E-state index < -0.39 is 12.1 Å². The number of fused-ring (bicyclic) bond motifs is 9. The van der Waals surface area contributed by atoms with E-state index in [0.717, 1.165) is 28.2 Å². The Bertz CT molecular complexity index is 1840. The van der Waals surface area contributed by atoms with Crippen LogP contribution in [0.4, 0.5) is 0 Å². The topological polar surface area (TPSA) is 133 Å². The molecular formula is C37H41N5O7. The lowest BCUT2D eigenvalue weighted by atomic mass is 10.0. The largest absolute Gasteiger partial charge is 0.496 e. The van der Waals surface area contributed by atoms with E-state index in [9.17, 15) is 14.4 Å². The van der Waals surface area contributed by atoms with Gasteiger partial charge in [0.2, 0.25) is 5.91 Å². The van der Waals surface area contributed by atoms with Crippen LogP contribution in [0.15, 0.2) is 66.7 Å². The van der Waals surface area contributed by atoms with Crippen molar-refractivity contribution in [3.05, 3.63) is 94.8 Å². The molecule has 3 aromatic carbocycles. The molecule has 3 aliphatic rings. The average Bonchev–Trinajstić information content (AvgIpc) is 3.46. The minimum atomic E-state index is -0.539. The van der Waals surface area contributed by atoms with Gasteiger partial charge in [-0.05, 0) is 80.4 Å². The van der Waals surface area contributed by atoms with Crippen LogP contribution in [0.25, 0.3) is 5.69 Å². The van der Waals surface area contributed by atoms with Crippen molar-refractivity contribution >= 4 is 17.7 Å². The summed E-state index contributed by atoms with van der Waals surface area (Å²) in [5.74, 6) is 1.36. The molecule has 12 nitrogen and oxygen atoms in total. The molecule has 0 radical (unpaired) electrons. The number of ether oxygens (including phenoxy) is 4. The second-order valence-electron chi connectivity index (χ2n) is 12.3. The van der Waals surface area contributed by atoms with E-state index in [1.807, 2.05) is 54.9 Å². The lowest BCUT2D eigenvalue weighted by Crippen LogP contribution is -2.58. The molecule has 49 heavy (non-hydrogen) atoms. The maximum atomic E-state index is 13.7. The molecule has 3 aliphatic heterocycles. The minimum Gasteiger partial charge on any atom is -0.496 e. The van der Waals surface area contributed by atoms with E-state index in [1.165, 1.54) is 7.11 Å². The number of aromatic nitrogens is 2. The van der Waals surface area contributed by atoms with Gasteiger partial charge in [0.15, 0.2) is 18.1 Å². The van der Waals surface area contributed by atoms with Crippen LogP contribution < -0.4 is 29.6 Å². The number of amides is 3. The van der Waals surface area contributed by atoms with Gasteiger partial charge in [0.25, 0.3) is 11.8 Å². The maximum Gasteiger partial charge on any atom is 0.258 e. The van der Waals surface area contributed by atoms with Crippen molar-refractivity contribution in [3.63, 3.8) is 0 Å². The zero-order chi connectivity index (χ0) is 34.5. The third-order valence-corrected chi connectivity index (χ3v) is 8.80. The molecule has 1 fully saturated rings. The maximum absolute atomic E-state index is 13.7. The number of nitrogens with zero attached hydrogens (tertiary/aromatic N) is 3. The van der Waals surface area contributed by atoms with Crippen LogP contribution in [0.3, 0.4) is 0 Å². The molecule has 2 atom stereocenters. The quantitative estimate of drug-likeness (QED) is 0.335. The van der Waals surface area contributed by atoms with Crippen molar-refractivity contribution in [2.75, 3.05) is 33.9 Å². The van der Waals surface area contributed by atoms with Gasteiger partial charge in [-0.15, -0.1) is 0 Å². The number of likely N-dealkylation sites (tertiary alicyclic amines) is 1. The molecule has 1 aromatic heterocycles.